The number of Topliss-reactive ketones (excluding diaryl/α,β-unsaturated/α-hetero) is 1. The molecule has 0 saturated heterocycles. The van der Waals surface area contributed by atoms with Gasteiger partial charge in [-0.1, -0.05) is 19.1 Å². The van der Waals surface area contributed by atoms with Crippen molar-refractivity contribution in [1.29, 1.82) is 0 Å². The van der Waals surface area contributed by atoms with Gasteiger partial charge >= 0.3 is 5.97 Å². The second-order valence-electron chi connectivity index (χ2n) is 5.37. The Morgan fingerprint density at radius 2 is 1.84 bits per heavy atom. The largest absolute Gasteiger partial charge is 0.454 e. The zero-order valence-corrected chi connectivity index (χ0v) is 15.8. The van der Waals surface area contributed by atoms with Gasteiger partial charge in [0.05, 0.1) is 22.4 Å². The Bertz CT molecular complexity index is 886. The topological polar surface area (TPSA) is 80.8 Å². The fourth-order valence-corrected chi connectivity index (χ4v) is 3.49. The number of para-hydroxylation sites is 1. The Morgan fingerprint density at radius 1 is 1.16 bits per heavy atom. The molecule has 0 aliphatic heterocycles. The highest BCUT2D eigenvalue weighted by atomic mass is 32.2. The number of benzene rings is 1. The van der Waals surface area contributed by atoms with E-state index in [0.717, 1.165) is 21.9 Å². The van der Waals surface area contributed by atoms with Crippen molar-refractivity contribution in [3.8, 4) is 0 Å². The molecule has 0 radical (unpaired) electrons. The van der Waals surface area contributed by atoms with Gasteiger partial charge in [0.15, 0.2) is 6.61 Å². The van der Waals surface area contributed by atoms with Crippen molar-refractivity contribution in [2.75, 3.05) is 24.2 Å². The van der Waals surface area contributed by atoms with Crippen LogP contribution in [0, 0.1) is 0 Å². The Hall–Kier alpha value is -2.19. The minimum atomic E-state index is -3.53. The van der Waals surface area contributed by atoms with E-state index in [-0.39, 0.29) is 23.6 Å². The molecule has 1 heterocycles. The van der Waals surface area contributed by atoms with Gasteiger partial charge in [-0.3, -0.25) is 9.10 Å². The smallest absolute Gasteiger partial charge is 0.340 e. The lowest BCUT2D eigenvalue weighted by molar-refractivity contribution is 0.0476. The molecule has 1 aromatic heterocycles. The minimum Gasteiger partial charge on any atom is -0.454 e. The first-order valence-corrected chi connectivity index (χ1v) is 10.2. The highest BCUT2D eigenvalue weighted by Crippen LogP contribution is 2.22. The van der Waals surface area contributed by atoms with E-state index < -0.39 is 16.0 Å². The van der Waals surface area contributed by atoms with Crippen LogP contribution in [0.3, 0.4) is 0 Å². The van der Waals surface area contributed by atoms with E-state index in [0.29, 0.717) is 4.88 Å². The maximum atomic E-state index is 12.3. The molecule has 8 heteroatoms. The summed E-state index contributed by atoms with van der Waals surface area (Å²) < 4.78 is 29.5. The number of hydrogen-bond acceptors (Lipinski definition) is 6. The molecular weight excluding hydrogens is 362 g/mol. The summed E-state index contributed by atoms with van der Waals surface area (Å²) in [7, 11) is -2.17. The summed E-state index contributed by atoms with van der Waals surface area (Å²) in [5, 5.41) is 0. The molecule has 0 fully saturated rings. The summed E-state index contributed by atoms with van der Waals surface area (Å²) in [5.74, 6) is -1.03. The number of rotatable bonds is 7. The van der Waals surface area contributed by atoms with Gasteiger partial charge in [-0.15, -0.1) is 11.3 Å². The van der Waals surface area contributed by atoms with E-state index >= 15 is 0 Å². The molecule has 0 unspecified atom stereocenters. The third kappa shape index (κ3) is 4.67. The van der Waals surface area contributed by atoms with Gasteiger partial charge in [0.2, 0.25) is 15.8 Å². The number of carbonyl (C=O) groups excluding carboxylic acids is 2. The molecule has 0 N–H and O–H groups in total. The molecule has 0 bridgehead atoms. The first-order valence-electron chi connectivity index (χ1n) is 7.56. The Labute approximate surface area is 151 Å². The van der Waals surface area contributed by atoms with Crippen LogP contribution in [0.1, 0.15) is 31.8 Å². The molecule has 0 aliphatic rings. The van der Waals surface area contributed by atoms with E-state index in [9.17, 15) is 18.0 Å². The molecule has 25 heavy (non-hydrogen) atoms. The number of esters is 1. The van der Waals surface area contributed by atoms with Gasteiger partial charge in [0, 0.05) is 11.9 Å². The van der Waals surface area contributed by atoms with Crippen molar-refractivity contribution >= 4 is 38.8 Å². The Kier molecular flexibility index (Phi) is 5.97. The zero-order valence-electron chi connectivity index (χ0n) is 14.2. The standard InChI is InChI=1S/C17H19NO5S2/c1-4-12-9-10-16(24-12)15(19)11-23-17(20)13-7-5-6-8-14(13)18(2)25(3,21)22/h5-10H,4,11H2,1-3H3. The van der Waals surface area contributed by atoms with Crippen molar-refractivity contribution in [3.05, 3.63) is 51.7 Å². The average molecular weight is 381 g/mol. The third-order valence-corrected chi connectivity index (χ3v) is 6.04. The van der Waals surface area contributed by atoms with Gasteiger partial charge in [-0.25, -0.2) is 13.2 Å². The van der Waals surface area contributed by atoms with E-state index in [1.807, 2.05) is 13.0 Å². The van der Waals surface area contributed by atoms with Gasteiger partial charge in [-0.05, 0) is 30.7 Å². The summed E-state index contributed by atoms with van der Waals surface area (Å²) in [6.45, 7) is 1.61. The summed E-state index contributed by atoms with van der Waals surface area (Å²) in [6.07, 6.45) is 1.88. The number of hydrogen-bond donors (Lipinski definition) is 0. The van der Waals surface area contributed by atoms with Crippen molar-refractivity contribution in [2.45, 2.75) is 13.3 Å². The molecule has 0 saturated carbocycles. The number of thiophene rings is 1. The van der Waals surface area contributed by atoms with Gasteiger partial charge in [0.1, 0.15) is 0 Å². The molecular formula is C17H19NO5S2. The molecule has 0 spiro atoms. The maximum absolute atomic E-state index is 12.3. The molecule has 0 aliphatic carbocycles. The number of ketones is 1. The van der Waals surface area contributed by atoms with E-state index in [4.69, 9.17) is 4.74 Å². The lowest BCUT2D eigenvalue weighted by Gasteiger charge is -2.19. The molecule has 6 nitrogen and oxygen atoms in total. The van der Waals surface area contributed by atoms with Crippen molar-refractivity contribution < 1.29 is 22.7 Å². The first-order chi connectivity index (χ1) is 11.7. The fraction of sp³-hybridized carbons (Fsp3) is 0.294. The van der Waals surface area contributed by atoms with Crippen molar-refractivity contribution in [3.63, 3.8) is 0 Å². The average Bonchev–Trinajstić information content (AvgIpc) is 3.07. The Morgan fingerprint density at radius 3 is 2.44 bits per heavy atom. The fourth-order valence-electron chi connectivity index (χ4n) is 2.10. The number of carbonyl (C=O) groups is 2. The minimum absolute atomic E-state index is 0.0867. The van der Waals surface area contributed by atoms with Crippen LogP contribution in [0.15, 0.2) is 36.4 Å². The Balaban J connectivity index is 2.12. The highest BCUT2D eigenvalue weighted by molar-refractivity contribution is 7.92. The molecule has 2 rings (SSSR count). The van der Waals surface area contributed by atoms with Crippen LogP contribution in [-0.2, 0) is 21.2 Å². The van der Waals surface area contributed by atoms with Gasteiger partial charge < -0.3 is 4.74 Å². The van der Waals surface area contributed by atoms with Gasteiger partial charge in [0.25, 0.3) is 0 Å². The molecule has 0 atom stereocenters. The highest BCUT2D eigenvalue weighted by Gasteiger charge is 2.21. The molecule has 1 aromatic carbocycles. The van der Waals surface area contributed by atoms with E-state index in [1.54, 1.807) is 18.2 Å². The normalized spacial score (nSPS) is 11.2. The first kappa shape index (κ1) is 19.1. The number of aryl methyl sites for hydroxylation is 1. The maximum Gasteiger partial charge on any atom is 0.340 e. The molecule has 134 valence electrons. The lowest BCUT2D eigenvalue weighted by atomic mass is 10.2. The monoisotopic (exact) mass is 381 g/mol. The zero-order chi connectivity index (χ0) is 18.6. The van der Waals surface area contributed by atoms with E-state index in [1.165, 1.54) is 30.5 Å². The van der Waals surface area contributed by atoms with Crippen LogP contribution in [-0.4, -0.2) is 40.1 Å². The number of anilines is 1. The predicted octanol–water partition coefficient (Wildman–Crippen LogP) is 2.75. The van der Waals surface area contributed by atoms with Crippen LogP contribution in [0.4, 0.5) is 5.69 Å². The summed E-state index contributed by atoms with van der Waals surface area (Å²) in [6, 6.07) is 9.78. The molecule has 2 aromatic rings. The van der Waals surface area contributed by atoms with Gasteiger partial charge in [-0.2, -0.15) is 0 Å². The number of nitrogens with zero attached hydrogens (tertiary/aromatic N) is 1. The van der Waals surface area contributed by atoms with Crippen molar-refractivity contribution in [1.82, 2.24) is 0 Å². The third-order valence-electron chi connectivity index (χ3n) is 3.58. The van der Waals surface area contributed by atoms with Crippen LogP contribution in [0.25, 0.3) is 0 Å². The summed E-state index contributed by atoms with van der Waals surface area (Å²) in [5.41, 5.74) is 0.287. The van der Waals surface area contributed by atoms with Crippen molar-refractivity contribution in [2.24, 2.45) is 0 Å². The SMILES string of the molecule is CCc1ccc(C(=O)COC(=O)c2ccccc2N(C)S(C)(=O)=O)s1. The van der Waals surface area contributed by atoms with Crippen LogP contribution in [0.5, 0.6) is 0 Å². The second-order valence-corrected chi connectivity index (χ2v) is 8.55. The summed E-state index contributed by atoms with van der Waals surface area (Å²) >= 11 is 1.37. The number of ether oxygens (including phenoxy) is 1. The number of sulfonamides is 1. The van der Waals surface area contributed by atoms with Crippen LogP contribution >= 0.6 is 11.3 Å². The summed E-state index contributed by atoms with van der Waals surface area (Å²) in [4.78, 5) is 26.0. The van der Waals surface area contributed by atoms with E-state index in [2.05, 4.69) is 0 Å². The van der Waals surface area contributed by atoms with Crippen LogP contribution < -0.4 is 4.31 Å². The quantitative estimate of drug-likeness (QED) is 0.544. The lowest BCUT2D eigenvalue weighted by Crippen LogP contribution is -2.27. The molecule has 0 amide bonds. The second kappa shape index (κ2) is 7.79. The predicted molar refractivity (Wildman–Crippen MR) is 98.0 cm³/mol. The van der Waals surface area contributed by atoms with Crippen LogP contribution in [0.2, 0.25) is 0 Å².